The predicted octanol–water partition coefficient (Wildman–Crippen LogP) is 1.95. The summed E-state index contributed by atoms with van der Waals surface area (Å²) in [6.07, 6.45) is 0.912. The topological polar surface area (TPSA) is 45.2 Å². The van der Waals surface area contributed by atoms with Crippen molar-refractivity contribution in [3.05, 3.63) is 35.5 Å². The second kappa shape index (κ2) is 3.34. The number of H-pyrrole nitrogens is 1. The van der Waals surface area contributed by atoms with Gasteiger partial charge in [-0.3, -0.25) is 0 Å². The quantitative estimate of drug-likeness (QED) is 0.766. The highest BCUT2D eigenvalue weighted by molar-refractivity contribution is 5.85. The van der Waals surface area contributed by atoms with Crippen LogP contribution in [-0.2, 0) is 16.8 Å². The number of hydrogen-bond donors (Lipinski definition) is 2. The van der Waals surface area contributed by atoms with Gasteiger partial charge in [0.05, 0.1) is 18.9 Å². The molecular formula is C13H15NO2. The summed E-state index contributed by atoms with van der Waals surface area (Å²) in [4.78, 5) is 3.37. The normalized spacial score (nSPS) is 24.6. The number of aromatic amines is 1. The van der Waals surface area contributed by atoms with Crippen LogP contribution in [0.2, 0.25) is 0 Å². The molecule has 0 radical (unpaired) electrons. The zero-order valence-electron chi connectivity index (χ0n) is 9.29. The molecule has 3 rings (SSSR count). The van der Waals surface area contributed by atoms with E-state index in [9.17, 15) is 5.11 Å². The van der Waals surface area contributed by atoms with Crippen molar-refractivity contribution in [2.24, 2.45) is 0 Å². The molecule has 0 saturated heterocycles. The second-order valence-electron chi connectivity index (χ2n) is 4.51. The lowest BCUT2D eigenvalue weighted by Gasteiger charge is -2.32. The van der Waals surface area contributed by atoms with E-state index in [1.54, 1.807) is 0 Å². The number of aliphatic hydroxyl groups is 1. The third-order valence-corrected chi connectivity index (χ3v) is 3.42. The summed E-state index contributed by atoms with van der Waals surface area (Å²) in [5, 5.41) is 10.7. The number of aliphatic hydroxyl groups excluding tert-OH is 1. The van der Waals surface area contributed by atoms with Crippen LogP contribution in [0.25, 0.3) is 10.9 Å². The minimum absolute atomic E-state index is 0.00677. The largest absolute Gasteiger partial charge is 0.393 e. The zero-order chi connectivity index (χ0) is 11.2. The molecule has 1 aromatic heterocycles. The Labute approximate surface area is 94.0 Å². The molecule has 16 heavy (non-hydrogen) atoms. The van der Waals surface area contributed by atoms with E-state index >= 15 is 0 Å². The summed E-state index contributed by atoms with van der Waals surface area (Å²) in [6.45, 7) is 2.61. The summed E-state index contributed by atoms with van der Waals surface area (Å²) in [6, 6.07) is 8.24. The minimum Gasteiger partial charge on any atom is -0.393 e. The Hall–Kier alpha value is -1.32. The zero-order valence-corrected chi connectivity index (χ0v) is 9.29. The van der Waals surface area contributed by atoms with E-state index in [2.05, 4.69) is 17.1 Å². The maximum absolute atomic E-state index is 9.48. The molecule has 1 aromatic carbocycles. The first kappa shape index (κ1) is 9.87. The van der Waals surface area contributed by atoms with Gasteiger partial charge >= 0.3 is 0 Å². The molecule has 0 aliphatic carbocycles. The molecule has 0 saturated carbocycles. The molecule has 1 unspecified atom stereocenters. The fourth-order valence-corrected chi connectivity index (χ4v) is 2.49. The van der Waals surface area contributed by atoms with Crippen LogP contribution in [0.1, 0.15) is 18.2 Å². The van der Waals surface area contributed by atoms with Crippen molar-refractivity contribution in [3.63, 3.8) is 0 Å². The number of benzene rings is 1. The fourth-order valence-electron chi connectivity index (χ4n) is 2.49. The Morgan fingerprint density at radius 3 is 3.06 bits per heavy atom. The van der Waals surface area contributed by atoms with Crippen molar-refractivity contribution < 1.29 is 9.84 Å². The van der Waals surface area contributed by atoms with Gasteiger partial charge in [-0.2, -0.15) is 0 Å². The molecule has 1 atom stereocenters. The molecule has 0 amide bonds. The third kappa shape index (κ3) is 1.22. The van der Waals surface area contributed by atoms with Gasteiger partial charge in [0.25, 0.3) is 0 Å². The first-order valence-electron chi connectivity index (χ1n) is 5.59. The minimum atomic E-state index is -0.577. The Balaban J connectivity index is 2.29. The van der Waals surface area contributed by atoms with E-state index in [0.717, 1.165) is 17.6 Å². The molecule has 0 spiro atoms. The molecule has 0 bridgehead atoms. The van der Waals surface area contributed by atoms with Gasteiger partial charge in [-0.25, -0.2) is 0 Å². The van der Waals surface area contributed by atoms with Crippen molar-refractivity contribution in [1.29, 1.82) is 0 Å². The van der Waals surface area contributed by atoms with E-state index < -0.39 is 5.60 Å². The number of ether oxygens (including phenoxy) is 1. The monoisotopic (exact) mass is 217 g/mol. The molecule has 1 aliphatic rings. The molecule has 2 heterocycles. The van der Waals surface area contributed by atoms with Crippen molar-refractivity contribution >= 4 is 10.9 Å². The lowest BCUT2D eigenvalue weighted by Crippen LogP contribution is -2.36. The van der Waals surface area contributed by atoms with Gasteiger partial charge in [-0.1, -0.05) is 18.2 Å². The standard InChI is InChI=1S/C13H15NO2/c1-13(8-15)12-10(6-7-16-13)9-4-2-3-5-11(9)14-12/h2-5,14-15H,6-8H2,1H3. The first-order chi connectivity index (χ1) is 7.74. The van der Waals surface area contributed by atoms with E-state index in [-0.39, 0.29) is 6.61 Å². The van der Waals surface area contributed by atoms with Crippen LogP contribution in [0.5, 0.6) is 0 Å². The molecule has 2 aromatic rings. The summed E-state index contributed by atoms with van der Waals surface area (Å²) in [5.74, 6) is 0. The van der Waals surface area contributed by atoms with Crippen LogP contribution in [0.4, 0.5) is 0 Å². The average Bonchev–Trinajstić information content (AvgIpc) is 2.70. The van der Waals surface area contributed by atoms with Crippen LogP contribution >= 0.6 is 0 Å². The first-order valence-corrected chi connectivity index (χ1v) is 5.59. The lowest BCUT2D eigenvalue weighted by molar-refractivity contribution is -0.0825. The van der Waals surface area contributed by atoms with Gasteiger partial charge < -0.3 is 14.8 Å². The molecule has 3 heteroatoms. The molecule has 2 N–H and O–H groups in total. The number of para-hydroxylation sites is 1. The fraction of sp³-hybridized carbons (Fsp3) is 0.385. The van der Waals surface area contributed by atoms with Crippen molar-refractivity contribution in [2.75, 3.05) is 13.2 Å². The average molecular weight is 217 g/mol. The van der Waals surface area contributed by atoms with Gasteiger partial charge in [0.1, 0.15) is 5.60 Å². The highest BCUT2D eigenvalue weighted by Crippen LogP contribution is 2.36. The molecular weight excluding hydrogens is 202 g/mol. The predicted molar refractivity (Wildman–Crippen MR) is 62.4 cm³/mol. The van der Waals surface area contributed by atoms with Crippen molar-refractivity contribution in [1.82, 2.24) is 4.98 Å². The molecule has 84 valence electrons. The Morgan fingerprint density at radius 1 is 1.44 bits per heavy atom. The van der Waals surface area contributed by atoms with E-state index in [4.69, 9.17) is 4.74 Å². The summed E-state index contributed by atoms with van der Waals surface area (Å²) in [5.41, 5.74) is 2.87. The van der Waals surface area contributed by atoms with Gasteiger partial charge in [0.15, 0.2) is 0 Å². The number of rotatable bonds is 1. The van der Waals surface area contributed by atoms with Crippen molar-refractivity contribution in [2.45, 2.75) is 18.9 Å². The Bertz CT molecular complexity index is 532. The highest BCUT2D eigenvalue weighted by Gasteiger charge is 2.35. The van der Waals surface area contributed by atoms with E-state index in [1.165, 1.54) is 10.9 Å². The number of fused-ring (bicyclic) bond motifs is 3. The second-order valence-corrected chi connectivity index (χ2v) is 4.51. The Kier molecular flexibility index (Phi) is 2.06. The molecule has 1 aliphatic heterocycles. The van der Waals surface area contributed by atoms with E-state index in [0.29, 0.717) is 6.61 Å². The maximum atomic E-state index is 9.48. The number of hydrogen-bond acceptors (Lipinski definition) is 2. The SMILES string of the molecule is CC1(CO)OCCc2c1[nH]c1ccccc21. The van der Waals surface area contributed by atoms with E-state index in [1.807, 2.05) is 19.1 Å². The molecule has 0 fully saturated rings. The summed E-state index contributed by atoms with van der Waals surface area (Å²) < 4.78 is 5.69. The van der Waals surface area contributed by atoms with Gasteiger partial charge in [0.2, 0.25) is 0 Å². The van der Waals surface area contributed by atoms with Gasteiger partial charge in [-0.05, 0) is 25.0 Å². The van der Waals surface area contributed by atoms with Crippen LogP contribution < -0.4 is 0 Å². The van der Waals surface area contributed by atoms with Crippen LogP contribution in [0.3, 0.4) is 0 Å². The smallest absolute Gasteiger partial charge is 0.128 e. The number of nitrogens with one attached hydrogen (secondary N) is 1. The van der Waals surface area contributed by atoms with Crippen LogP contribution in [0.15, 0.2) is 24.3 Å². The third-order valence-electron chi connectivity index (χ3n) is 3.42. The number of aromatic nitrogens is 1. The lowest BCUT2D eigenvalue weighted by atomic mass is 9.94. The Morgan fingerprint density at radius 2 is 2.25 bits per heavy atom. The molecule has 3 nitrogen and oxygen atoms in total. The van der Waals surface area contributed by atoms with Crippen LogP contribution in [-0.4, -0.2) is 23.3 Å². The highest BCUT2D eigenvalue weighted by atomic mass is 16.5. The van der Waals surface area contributed by atoms with Gasteiger partial charge in [-0.15, -0.1) is 0 Å². The van der Waals surface area contributed by atoms with Gasteiger partial charge in [0, 0.05) is 10.9 Å². The maximum Gasteiger partial charge on any atom is 0.128 e. The summed E-state index contributed by atoms with van der Waals surface area (Å²) >= 11 is 0. The van der Waals surface area contributed by atoms with Crippen molar-refractivity contribution in [3.8, 4) is 0 Å². The van der Waals surface area contributed by atoms with Crippen LogP contribution in [0, 0.1) is 0 Å². The summed E-state index contributed by atoms with van der Waals surface area (Å²) in [7, 11) is 0.